The van der Waals surface area contributed by atoms with Crippen molar-refractivity contribution in [1.82, 2.24) is 4.90 Å². The lowest BCUT2D eigenvalue weighted by atomic mass is 10.2. The lowest BCUT2D eigenvalue weighted by Crippen LogP contribution is -2.37. The van der Waals surface area contributed by atoms with Gasteiger partial charge in [-0.15, -0.1) is 0 Å². The summed E-state index contributed by atoms with van der Waals surface area (Å²) in [7, 11) is 0.0975. The summed E-state index contributed by atoms with van der Waals surface area (Å²) in [5, 5.41) is 10.8. The predicted octanol–water partition coefficient (Wildman–Crippen LogP) is 2.49. The van der Waals surface area contributed by atoms with Crippen molar-refractivity contribution in [1.29, 1.82) is 0 Å². The van der Waals surface area contributed by atoms with E-state index in [1.807, 2.05) is 25.1 Å². The second-order valence-electron chi connectivity index (χ2n) is 5.89. The molecule has 134 valence electrons. The Morgan fingerprint density at radius 2 is 1.56 bits per heavy atom. The topological polar surface area (TPSA) is 83.8 Å². The molecule has 0 aliphatic carbocycles. The highest BCUT2D eigenvalue weighted by Gasteiger charge is 2.23. The van der Waals surface area contributed by atoms with Gasteiger partial charge in [-0.3, -0.25) is 14.4 Å². The summed E-state index contributed by atoms with van der Waals surface area (Å²) in [4.78, 5) is 12.2. The van der Waals surface area contributed by atoms with Crippen LogP contribution in [0.4, 0.5) is 11.4 Å². The van der Waals surface area contributed by atoms with Crippen LogP contribution in [-0.4, -0.2) is 45.4 Å². The summed E-state index contributed by atoms with van der Waals surface area (Å²) < 4.78 is 27.1. The molecular formula is C17H21N3O4S. The molecule has 0 atom stereocenters. The molecular weight excluding hydrogens is 342 g/mol. The summed E-state index contributed by atoms with van der Waals surface area (Å²) in [5.74, 6) is -0.127. The molecule has 0 fully saturated rings. The molecule has 2 aromatic rings. The molecule has 2 aromatic carbocycles. The maximum Gasteiger partial charge on any atom is 0.269 e. The molecule has 0 aliphatic heterocycles. The third-order valence-electron chi connectivity index (χ3n) is 3.63. The van der Waals surface area contributed by atoms with Crippen molar-refractivity contribution in [3.05, 3.63) is 70.3 Å². The average Bonchev–Trinajstić information content (AvgIpc) is 2.55. The second-order valence-corrected chi connectivity index (χ2v) is 7.78. The largest absolute Gasteiger partial charge is 0.308 e. The van der Waals surface area contributed by atoms with Crippen molar-refractivity contribution >= 4 is 21.4 Å². The summed E-state index contributed by atoms with van der Waals surface area (Å²) in [6.07, 6.45) is 0. The van der Waals surface area contributed by atoms with E-state index in [-0.39, 0.29) is 18.0 Å². The first-order valence-corrected chi connectivity index (χ1v) is 9.34. The molecule has 25 heavy (non-hydrogen) atoms. The van der Waals surface area contributed by atoms with Gasteiger partial charge in [-0.2, -0.15) is 0 Å². The van der Waals surface area contributed by atoms with Gasteiger partial charge in [0.25, 0.3) is 5.69 Å². The van der Waals surface area contributed by atoms with Crippen LogP contribution in [-0.2, 0) is 15.8 Å². The van der Waals surface area contributed by atoms with Gasteiger partial charge in [0.15, 0.2) is 0 Å². The monoisotopic (exact) mass is 363 g/mol. The zero-order valence-electron chi connectivity index (χ0n) is 14.2. The predicted molar refractivity (Wildman–Crippen MR) is 98.1 cm³/mol. The molecule has 0 saturated carbocycles. The van der Waals surface area contributed by atoms with Crippen LogP contribution in [0.5, 0.6) is 0 Å². The van der Waals surface area contributed by atoms with Crippen molar-refractivity contribution < 1.29 is 13.3 Å². The third kappa shape index (κ3) is 5.27. The Morgan fingerprint density at radius 1 is 0.960 bits per heavy atom. The van der Waals surface area contributed by atoms with Crippen LogP contribution in [0.15, 0.2) is 54.6 Å². The minimum Gasteiger partial charge on any atom is -0.308 e. The molecule has 0 bridgehead atoms. The minimum absolute atomic E-state index is 0.0724. The Labute approximate surface area is 147 Å². The molecule has 2 rings (SSSR count). The number of nitrogens with zero attached hydrogens (tertiary/aromatic N) is 3. The van der Waals surface area contributed by atoms with Crippen LogP contribution >= 0.6 is 0 Å². The quantitative estimate of drug-likeness (QED) is 0.531. The molecule has 0 radical (unpaired) electrons. The van der Waals surface area contributed by atoms with Gasteiger partial charge in [0.2, 0.25) is 10.0 Å². The summed E-state index contributed by atoms with van der Waals surface area (Å²) in [5.41, 5.74) is 1.04. The van der Waals surface area contributed by atoms with Crippen LogP contribution in [0.25, 0.3) is 0 Å². The lowest BCUT2D eigenvalue weighted by Gasteiger charge is -2.26. The molecule has 0 unspecified atom stereocenters. The first kappa shape index (κ1) is 18.9. The summed E-state index contributed by atoms with van der Waals surface area (Å²) >= 11 is 0. The number of sulfonamides is 1. The van der Waals surface area contributed by atoms with E-state index >= 15 is 0 Å². The van der Waals surface area contributed by atoms with E-state index in [2.05, 4.69) is 0 Å². The number of anilines is 1. The van der Waals surface area contributed by atoms with Gasteiger partial charge in [0.05, 0.1) is 16.4 Å². The Kier molecular flexibility index (Phi) is 6.11. The number of benzene rings is 2. The SMILES string of the molecule is CN(C)CCN(c1ccc([N+](=O)[O-])cc1)S(=O)(=O)Cc1ccccc1. The zero-order chi connectivity index (χ0) is 18.4. The van der Waals surface area contributed by atoms with Crippen molar-refractivity contribution in [2.75, 3.05) is 31.5 Å². The molecule has 0 N–H and O–H groups in total. The number of nitro groups is 1. The van der Waals surface area contributed by atoms with E-state index in [0.717, 1.165) is 0 Å². The molecule has 0 saturated heterocycles. The molecule has 8 heteroatoms. The van der Waals surface area contributed by atoms with Crippen molar-refractivity contribution in [3.63, 3.8) is 0 Å². The lowest BCUT2D eigenvalue weighted by molar-refractivity contribution is -0.384. The standard InChI is InChI=1S/C17H21N3O4S/c1-18(2)12-13-19(16-8-10-17(11-9-16)20(21)22)25(23,24)14-15-6-4-3-5-7-15/h3-11H,12-14H2,1-2H3. The number of hydrogen-bond donors (Lipinski definition) is 0. The van der Waals surface area contributed by atoms with E-state index < -0.39 is 14.9 Å². The van der Waals surface area contributed by atoms with Gasteiger partial charge in [0.1, 0.15) is 0 Å². The van der Waals surface area contributed by atoms with Gasteiger partial charge >= 0.3 is 0 Å². The van der Waals surface area contributed by atoms with Crippen molar-refractivity contribution in [3.8, 4) is 0 Å². The highest BCUT2D eigenvalue weighted by atomic mass is 32.2. The Bertz CT molecular complexity index is 806. The first-order chi connectivity index (χ1) is 11.8. The highest BCUT2D eigenvalue weighted by Crippen LogP contribution is 2.23. The molecule has 0 aromatic heterocycles. The van der Waals surface area contributed by atoms with Crippen LogP contribution in [0.2, 0.25) is 0 Å². The Morgan fingerprint density at radius 3 is 2.08 bits per heavy atom. The summed E-state index contributed by atoms with van der Waals surface area (Å²) in [6.45, 7) is 0.797. The first-order valence-electron chi connectivity index (χ1n) is 7.73. The van der Waals surface area contributed by atoms with Crippen molar-refractivity contribution in [2.24, 2.45) is 0 Å². The second kappa shape index (κ2) is 8.09. The van der Waals surface area contributed by atoms with Crippen LogP contribution in [0.1, 0.15) is 5.56 Å². The number of likely N-dealkylation sites (N-methyl/N-ethyl adjacent to an activating group) is 1. The van der Waals surface area contributed by atoms with E-state index in [1.54, 1.807) is 24.3 Å². The maximum absolute atomic E-state index is 12.9. The number of nitro benzene ring substituents is 1. The number of hydrogen-bond acceptors (Lipinski definition) is 5. The number of non-ortho nitro benzene ring substituents is 1. The highest BCUT2D eigenvalue weighted by molar-refractivity contribution is 7.92. The zero-order valence-corrected chi connectivity index (χ0v) is 15.0. The fourth-order valence-electron chi connectivity index (χ4n) is 2.32. The van der Waals surface area contributed by atoms with Gasteiger partial charge in [0, 0.05) is 25.2 Å². The molecule has 0 heterocycles. The van der Waals surface area contributed by atoms with E-state index in [9.17, 15) is 18.5 Å². The van der Waals surface area contributed by atoms with Gasteiger partial charge < -0.3 is 4.90 Å². The summed E-state index contributed by atoms with van der Waals surface area (Å²) in [6, 6.07) is 14.5. The van der Waals surface area contributed by atoms with E-state index in [4.69, 9.17) is 0 Å². The molecule has 7 nitrogen and oxygen atoms in total. The molecule has 0 amide bonds. The fourth-order valence-corrected chi connectivity index (χ4v) is 3.90. The third-order valence-corrected chi connectivity index (χ3v) is 5.39. The molecule has 0 aliphatic rings. The van der Waals surface area contributed by atoms with Gasteiger partial charge in [-0.25, -0.2) is 8.42 Å². The normalized spacial score (nSPS) is 11.5. The van der Waals surface area contributed by atoms with Crippen LogP contribution < -0.4 is 4.31 Å². The average molecular weight is 363 g/mol. The fraction of sp³-hybridized carbons (Fsp3) is 0.294. The smallest absolute Gasteiger partial charge is 0.269 e. The minimum atomic E-state index is -3.62. The van der Waals surface area contributed by atoms with Crippen LogP contribution in [0, 0.1) is 10.1 Å². The van der Waals surface area contributed by atoms with Crippen molar-refractivity contribution in [2.45, 2.75) is 5.75 Å². The Hall–Kier alpha value is -2.45. The van der Waals surface area contributed by atoms with Gasteiger partial charge in [-0.1, -0.05) is 30.3 Å². The van der Waals surface area contributed by atoms with E-state index in [0.29, 0.717) is 17.8 Å². The van der Waals surface area contributed by atoms with Crippen LogP contribution in [0.3, 0.4) is 0 Å². The molecule has 0 spiro atoms. The van der Waals surface area contributed by atoms with Gasteiger partial charge in [-0.05, 0) is 31.8 Å². The number of rotatable bonds is 8. The Balaban J connectivity index is 2.32. The van der Waals surface area contributed by atoms with E-state index in [1.165, 1.54) is 28.6 Å². The maximum atomic E-state index is 12.9.